The van der Waals surface area contributed by atoms with Crippen LogP contribution in [-0.4, -0.2) is 20.1 Å². The zero-order chi connectivity index (χ0) is 15.4. The molecule has 0 saturated heterocycles. The number of hydrogen-bond donors (Lipinski definition) is 2. The van der Waals surface area contributed by atoms with Crippen molar-refractivity contribution in [2.75, 3.05) is 25.3 Å². The molecule has 0 atom stereocenters. The van der Waals surface area contributed by atoms with Crippen molar-refractivity contribution >= 4 is 33.2 Å². The van der Waals surface area contributed by atoms with E-state index in [0.717, 1.165) is 4.47 Å². The number of nitrogens with one attached hydrogen (secondary N) is 1. The second-order valence-corrected chi connectivity index (χ2v) is 5.12. The third kappa shape index (κ3) is 3.46. The van der Waals surface area contributed by atoms with Crippen molar-refractivity contribution in [1.82, 2.24) is 0 Å². The van der Waals surface area contributed by atoms with Crippen LogP contribution in [0.2, 0.25) is 0 Å². The summed E-state index contributed by atoms with van der Waals surface area (Å²) in [5, 5.41) is 2.80. The fraction of sp³-hybridized carbons (Fsp3) is 0.133. The van der Waals surface area contributed by atoms with Gasteiger partial charge in [-0.15, -0.1) is 0 Å². The molecule has 0 aromatic heterocycles. The Morgan fingerprint density at radius 2 is 1.81 bits per heavy atom. The van der Waals surface area contributed by atoms with Gasteiger partial charge in [0.05, 0.1) is 19.9 Å². The molecule has 0 saturated carbocycles. The van der Waals surface area contributed by atoms with Crippen molar-refractivity contribution in [1.29, 1.82) is 0 Å². The fourth-order valence-corrected chi connectivity index (χ4v) is 2.30. The van der Waals surface area contributed by atoms with Gasteiger partial charge in [0.1, 0.15) is 0 Å². The van der Waals surface area contributed by atoms with Crippen LogP contribution in [0.3, 0.4) is 0 Å². The highest BCUT2D eigenvalue weighted by atomic mass is 79.9. The van der Waals surface area contributed by atoms with Crippen LogP contribution in [0, 0.1) is 0 Å². The monoisotopic (exact) mass is 350 g/mol. The first kappa shape index (κ1) is 15.2. The molecule has 0 aliphatic carbocycles. The summed E-state index contributed by atoms with van der Waals surface area (Å²) in [5.74, 6) is 0.825. The Balaban J connectivity index is 2.24. The highest BCUT2D eigenvalue weighted by Gasteiger charge is 2.12. The number of nitrogen functional groups attached to an aromatic ring is 1. The lowest BCUT2D eigenvalue weighted by Gasteiger charge is -2.11. The molecule has 0 aliphatic heterocycles. The Labute approximate surface area is 131 Å². The van der Waals surface area contributed by atoms with Gasteiger partial charge < -0.3 is 20.5 Å². The normalized spacial score (nSPS) is 10.0. The van der Waals surface area contributed by atoms with Crippen molar-refractivity contribution < 1.29 is 14.3 Å². The predicted octanol–water partition coefficient (Wildman–Crippen LogP) is 3.30. The van der Waals surface area contributed by atoms with Crippen LogP contribution >= 0.6 is 15.9 Å². The molecule has 21 heavy (non-hydrogen) atoms. The summed E-state index contributed by atoms with van der Waals surface area (Å²) >= 11 is 3.36. The van der Waals surface area contributed by atoms with Gasteiger partial charge in [-0.1, -0.05) is 0 Å². The van der Waals surface area contributed by atoms with Crippen molar-refractivity contribution in [3.05, 3.63) is 46.4 Å². The maximum Gasteiger partial charge on any atom is 0.255 e. The summed E-state index contributed by atoms with van der Waals surface area (Å²) < 4.78 is 11.0. The zero-order valence-corrected chi connectivity index (χ0v) is 13.2. The van der Waals surface area contributed by atoms with E-state index >= 15 is 0 Å². The minimum Gasteiger partial charge on any atom is -0.493 e. The summed E-state index contributed by atoms with van der Waals surface area (Å²) in [7, 11) is 3.07. The molecule has 110 valence electrons. The van der Waals surface area contributed by atoms with Gasteiger partial charge in [0.2, 0.25) is 0 Å². The Morgan fingerprint density at radius 1 is 1.10 bits per heavy atom. The molecular weight excluding hydrogens is 336 g/mol. The lowest BCUT2D eigenvalue weighted by Crippen LogP contribution is -2.12. The second-order valence-electron chi connectivity index (χ2n) is 4.26. The summed E-state index contributed by atoms with van der Waals surface area (Å²) in [5.41, 5.74) is 7.39. The predicted molar refractivity (Wildman–Crippen MR) is 86.1 cm³/mol. The molecule has 2 rings (SSSR count). The van der Waals surface area contributed by atoms with E-state index < -0.39 is 0 Å². The number of methoxy groups -OCH3 is 2. The molecule has 2 aromatic rings. The maximum atomic E-state index is 12.3. The minimum atomic E-state index is -0.249. The number of ether oxygens (including phenoxy) is 2. The summed E-state index contributed by atoms with van der Waals surface area (Å²) in [6, 6.07) is 10.2. The molecule has 6 heteroatoms. The topological polar surface area (TPSA) is 73.6 Å². The van der Waals surface area contributed by atoms with Gasteiger partial charge in [-0.2, -0.15) is 0 Å². The average Bonchev–Trinajstić information content (AvgIpc) is 2.49. The number of rotatable bonds is 4. The van der Waals surface area contributed by atoms with Crippen molar-refractivity contribution in [3.63, 3.8) is 0 Å². The third-order valence-corrected chi connectivity index (χ3v) is 3.54. The molecule has 0 radical (unpaired) electrons. The Hall–Kier alpha value is -2.21. The SMILES string of the molecule is COc1ccc(C(=O)Nc2ccc(N)cc2Br)cc1OC. The molecule has 0 spiro atoms. The van der Waals surface area contributed by atoms with E-state index in [2.05, 4.69) is 21.2 Å². The highest BCUT2D eigenvalue weighted by molar-refractivity contribution is 9.10. The average molecular weight is 351 g/mol. The molecule has 2 aromatic carbocycles. The molecular formula is C15H15BrN2O3. The van der Waals surface area contributed by atoms with Gasteiger partial charge in [-0.05, 0) is 52.3 Å². The maximum absolute atomic E-state index is 12.3. The Morgan fingerprint density at radius 3 is 2.43 bits per heavy atom. The fourth-order valence-electron chi connectivity index (χ4n) is 1.80. The van der Waals surface area contributed by atoms with Gasteiger partial charge >= 0.3 is 0 Å². The first-order chi connectivity index (χ1) is 10.0. The van der Waals surface area contributed by atoms with Gasteiger partial charge in [-0.25, -0.2) is 0 Å². The molecule has 0 bridgehead atoms. The Bertz CT molecular complexity index is 674. The Kier molecular flexibility index (Phi) is 4.70. The van der Waals surface area contributed by atoms with Gasteiger partial charge in [0.25, 0.3) is 5.91 Å². The second kappa shape index (κ2) is 6.49. The van der Waals surface area contributed by atoms with Crippen LogP contribution in [-0.2, 0) is 0 Å². The van der Waals surface area contributed by atoms with E-state index in [9.17, 15) is 4.79 Å². The number of benzene rings is 2. The van der Waals surface area contributed by atoms with E-state index in [4.69, 9.17) is 15.2 Å². The molecule has 3 N–H and O–H groups in total. The molecule has 0 aliphatic rings. The summed E-state index contributed by atoms with van der Waals surface area (Å²) in [4.78, 5) is 12.3. The van der Waals surface area contributed by atoms with Crippen LogP contribution < -0.4 is 20.5 Å². The van der Waals surface area contributed by atoms with Gasteiger partial charge in [-0.3, -0.25) is 4.79 Å². The first-order valence-electron chi connectivity index (χ1n) is 6.13. The molecule has 1 amide bonds. The quantitative estimate of drug-likeness (QED) is 0.829. The van der Waals surface area contributed by atoms with Crippen molar-refractivity contribution in [2.24, 2.45) is 0 Å². The van der Waals surface area contributed by atoms with Gasteiger partial charge in [0.15, 0.2) is 11.5 Å². The third-order valence-electron chi connectivity index (χ3n) is 2.89. The number of anilines is 2. The van der Waals surface area contributed by atoms with E-state index in [1.807, 2.05) is 0 Å². The van der Waals surface area contributed by atoms with Gasteiger partial charge in [0, 0.05) is 15.7 Å². The number of carbonyl (C=O) groups excluding carboxylic acids is 1. The lowest BCUT2D eigenvalue weighted by atomic mass is 10.2. The minimum absolute atomic E-state index is 0.249. The lowest BCUT2D eigenvalue weighted by molar-refractivity contribution is 0.102. The zero-order valence-electron chi connectivity index (χ0n) is 11.6. The van der Waals surface area contributed by atoms with Crippen molar-refractivity contribution in [2.45, 2.75) is 0 Å². The molecule has 0 unspecified atom stereocenters. The number of hydrogen-bond acceptors (Lipinski definition) is 4. The smallest absolute Gasteiger partial charge is 0.255 e. The molecule has 0 fully saturated rings. The van der Waals surface area contributed by atoms with Crippen LogP contribution in [0.25, 0.3) is 0 Å². The van der Waals surface area contributed by atoms with Crippen LogP contribution in [0.4, 0.5) is 11.4 Å². The molecule has 0 heterocycles. The summed E-state index contributed by atoms with van der Waals surface area (Å²) in [6.45, 7) is 0. The van der Waals surface area contributed by atoms with Crippen molar-refractivity contribution in [3.8, 4) is 11.5 Å². The largest absolute Gasteiger partial charge is 0.493 e. The van der Waals surface area contributed by atoms with E-state index in [1.165, 1.54) is 7.11 Å². The molecule has 5 nitrogen and oxygen atoms in total. The standard InChI is InChI=1S/C15H15BrN2O3/c1-20-13-6-3-9(7-14(13)21-2)15(19)18-12-5-4-10(17)8-11(12)16/h3-8H,17H2,1-2H3,(H,18,19). The van der Waals surface area contributed by atoms with E-state index in [0.29, 0.717) is 28.4 Å². The van der Waals surface area contributed by atoms with E-state index in [1.54, 1.807) is 43.5 Å². The summed E-state index contributed by atoms with van der Waals surface area (Å²) in [6.07, 6.45) is 0. The number of carbonyl (C=O) groups is 1. The first-order valence-corrected chi connectivity index (χ1v) is 6.93. The van der Waals surface area contributed by atoms with Crippen LogP contribution in [0.1, 0.15) is 10.4 Å². The van der Waals surface area contributed by atoms with Crippen LogP contribution in [0.15, 0.2) is 40.9 Å². The number of amides is 1. The number of nitrogens with two attached hydrogens (primary N) is 1. The number of halogens is 1. The van der Waals surface area contributed by atoms with Crippen LogP contribution in [0.5, 0.6) is 11.5 Å². The van der Waals surface area contributed by atoms with E-state index in [-0.39, 0.29) is 5.91 Å². The highest BCUT2D eigenvalue weighted by Crippen LogP contribution is 2.29.